The van der Waals surface area contributed by atoms with Crippen LogP contribution in [0, 0.1) is 5.92 Å². The van der Waals surface area contributed by atoms with Crippen LogP contribution in [0.2, 0.25) is 0 Å². The van der Waals surface area contributed by atoms with Crippen molar-refractivity contribution in [2.24, 2.45) is 11.7 Å². The molecule has 0 spiro atoms. The summed E-state index contributed by atoms with van der Waals surface area (Å²) in [5, 5.41) is 8.96. The van der Waals surface area contributed by atoms with Crippen LogP contribution in [-0.4, -0.2) is 42.3 Å². The molecule has 1 saturated heterocycles. The Morgan fingerprint density at radius 2 is 1.89 bits per heavy atom. The lowest BCUT2D eigenvalue weighted by atomic mass is 9.90. The molecule has 0 saturated carbocycles. The Kier molecular flexibility index (Phi) is 5.17. The van der Waals surface area contributed by atoms with E-state index in [-0.39, 0.29) is 12.6 Å². The summed E-state index contributed by atoms with van der Waals surface area (Å²) in [6.45, 7) is 3.15. The second kappa shape index (κ2) is 6.88. The normalized spacial score (nSPS) is 19.9. The molecule has 1 heterocycles. The van der Waals surface area contributed by atoms with Gasteiger partial charge in [-0.2, -0.15) is 0 Å². The fourth-order valence-corrected chi connectivity index (χ4v) is 2.71. The lowest BCUT2D eigenvalue weighted by Crippen LogP contribution is -2.43. The molecule has 0 aliphatic carbocycles. The largest absolute Gasteiger partial charge is 0.395 e. The van der Waals surface area contributed by atoms with E-state index in [2.05, 4.69) is 35.2 Å². The van der Waals surface area contributed by atoms with E-state index in [0.717, 1.165) is 25.6 Å². The molecule has 1 aliphatic heterocycles. The van der Waals surface area contributed by atoms with Crippen LogP contribution in [0.3, 0.4) is 0 Å². The average Bonchev–Trinajstić information content (AvgIpc) is 2.42. The highest BCUT2D eigenvalue weighted by Gasteiger charge is 2.20. The predicted molar refractivity (Wildman–Crippen MR) is 74.4 cm³/mol. The molecule has 3 nitrogen and oxygen atoms in total. The quantitative estimate of drug-likeness (QED) is 0.825. The molecule has 1 aromatic rings. The van der Waals surface area contributed by atoms with Crippen molar-refractivity contribution in [1.82, 2.24) is 4.90 Å². The molecule has 1 aromatic carbocycles. The van der Waals surface area contributed by atoms with Crippen LogP contribution in [-0.2, 0) is 6.42 Å². The second-order valence-corrected chi connectivity index (χ2v) is 5.38. The Balaban J connectivity index is 1.73. The average molecular weight is 248 g/mol. The highest BCUT2D eigenvalue weighted by atomic mass is 16.3. The van der Waals surface area contributed by atoms with E-state index in [4.69, 9.17) is 10.8 Å². The maximum atomic E-state index is 8.96. The number of rotatable bonds is 5. The zero-order valence-corrected chi connectivity index (χ0v) is 11.0. The van der Waals surface area contributed by atoms with Gasteiger partial charge in [-0.3, -0.25) is 0 Å². The summed E-state index contributed by atoms with van der Waals surface area (Å²) in [4.78, 5) is 2.38. The van der Waals surface area contributed by atoms with E-state index >= 15 is 0 Å². The van der Waals surface area contributed by atoms with Crippen LogP contribution in [0.15, 0.2) is 30.3 Å². The summed E-state index contributed by atoms with van der Waals surface area (Å²) >= 11 is 0. The second-order valence-electron chi connectivity index (χ2n) is 5.38. The van der Waals surface area contributed by atoms with Crippen LogP contribution in [0.25, 0.3) is 0 Å². The molecule has 1 fully saturated rings. The Hall–Kier alpha value is -0.900. The first kappa shape index (κ1) is 13.5. The first-order valence-electron chi connectivity index (χ1n) is 6.90. The van der Waals surface area contributed by atoms with E-state index in [1.54, 1.807) is 0 Å². The molecule has 2 rings (SSSR count). The molecule has 0 aromatic heterocycles. The zero-order valence-electron chi connectivity index (χ0n) is 11.0. The summed E-state index contributed by atoms with van der Waals surface area (Å²) in [5.74, 6) is 0.800. The summed E-state index contributed by atoms with van der Waals surface area (Å²) < 4.78 is 0. The fraction of sp³-hybridized carbons (Fsp3) is 0.600. The minimum absolute atomic E-state index is 0.0872. The van der Waals surface area contributed by atoms with Crippen LogP contribution in [0.1, 0.15) is 18.4 Å². The lowest BCUT2D eigenvalue weighted by Gasteiger charge is -2.33. The molecule has 3 heteroatoms. The molecule has 0 bridgehead atoms. The molecule has 0 radical (unpaired) electrons. The highest BCUT2D eigenvalue weighted by molar-refractivity contribution is 5.15. The number of nitrogens with zero attached hydrogens (tertiary/aromatic N) is 1. The SMILES string of the molecule is NC(CO)CN1CCC(Cc2ccccc2)CC1. The lowest BCUT2D eigenvalue weighted by molar-refractivity contribution is 0.154. The van der Waals surface area contributed by atoms with E-state index < -0.39 is 0 Å². The van der Waals surface area contributed by atoms with E-state index in [1.165, 1.54) is 24.8 Å². The smallest absolute Gasteiger partial charge is 0.0595 e. The Labute approximate surface area is 110 Å². The topological polar surface area (TPSA) is 49.5 Å². The number of benzene rings is 1. The van der Waals surface area contributed by atoms with Gasteiger partial charge in [0.1, 0.15) is 0 Å². The standard InChI is InChI=1S/C15H24N2O/c16-15(12-18)11-17-8-6-14(7-9-17)10-13-4-2-1-3-5-13/h1-5,14-15,18H,6-12,16H2. The van der Waals surface area contributed by atoms with Gasteiger partial charge in [-0.05, 0) is 43.8 Å². The van der Waals surface area contributed by atoms with Crippen molar-refractivity contribution in [2.45, 2.75) is 25.3 Å². The molecule has 3 N–H and O–H groups in total. The van der Waals surface area contributed by atoms with Crippen LogP contribution in [0.4, 0.5) is 0 Å². The molecule has 1 unspecified atom stereocenters. The Bertz CT molecular complexity index is 334. The number of nitrogens with two attached hydrogens (primary N) is 1. The number of likely N-dealkylation sites (tertiary alicyclic amines) is 1. The van der Waals surface area contributed by atoms with Crippen molar-refractivity contribution in [3.63, 3.8) is 0 Å². The highest BCUT2D eigenvalue weighted by Crippen LogP contribution is 2.21. The number of aliphatic hydroxyl groups excluding tert-OH is 1. The van der Waals surface area contributed by atoms with Gasteiger partial charge in [0.05, 0.1) is 6.61 Å². The van der Waals surface area contributed by atoms with Crippen molar-refractivity contribution in [3.05, 3.63) is 35.9 Å². The third-order valence-electron chi connectivity index (χ3n) is 3.80. The number of hydrogen-bond donors (Lipinski definition) is 2. The van der Waals surface area contributed by atoms with Gasteiger partial charge in [0.2, 0.25) is 0 Å². The first-order chi connectivity index (χ1) is 8.78. The summed E-state index contributed by atoms with van der Waals surface area (Å²) in [7, 11) is 0. The summed E-state index contributed by atoms with van der Waals surface area (Å²) in [6, 6.07) is 10.6. The van der Waals surface area contributed by atoms with E-state index in [1.807, 2.05) is 0 Å². The molecule has 0 amide bonds. The summed E-state index contributed by atoms with van der Waals surface area (Å²) in [6.07, 6.45) is 3.68. The minimum atomic E-state index is -0.0873. The van der Waals surface area contributed by atoms with Gasteiger partial charge in [-0.25, -0.2) is 0 Å². The number of piperidine rings is 1. The Morgan fingerprint density at radius 3 is 2.50 bits per heavy atom. The van der Waals surface area contributed by atoms with Gasteiger partial charge in [0.25, 0.3) is 0 Å². The van der Waals surface area contributed by atoms with Crippen molar-refractivity contribution < 1.29 is 5.11 Å². The first-order valence-corrected chi connectivity index (χ1v) is 6.90. The predicted octanol–water partition coefficient (Wildman–Crippen LogP) is 1.26. The van der Waals surface area contributed by atoms with Crippen molar-refractivity contribution in [1.29, 1.82) is 0 Å². The Morgan fingerprint density at radius 1 is 1.22 bits per heavy atom. The number of aliphatic hydroxyl groups is 1. The minimum Gasteiger partial charge on any atom is -0.395 e. The molecular weight excluding hydrogens is 224 g/mol. The van der Waals surface area contributed by atoms with Gasteiger partial charge < -0.3 is 15.7 Å². The van der Waals surface area contributed by atoms with Crippen LogP contribution in [0.5, 0.6) is 0 Å². The fourth-order valence-electron chi connectivity index (χ4n) is 2.71. The van der Waals surface area contributed by atoms with Crippen molar-refractivity contribution in [2.75, 3.05) is 26.2 Å². The van der Waals surface area contributed by atoms with Crippen molar-refractivity contribution in [3.8, 4) is 0 Å². The monoisotopic (exact) mass is 248 g/mol. The van der Waals surface area contributed by atoms with Gasteiger partial charge in [0, 0.05) is 12.6 Å². The summed E-state index contributed by atoms with van der Waals surface area (Å²) in [5.41, 5.74) is 7.22. The van der Waals surface area contributed by atoms with Crippen molar-refractivity contribution >= 4 is 0 Å². The molecular formula is C15H24N2O. The molecule has 1 aliphatic rings. The molecule has 1 atom stereocenters. The third-order valence-corrected chi connectivity index (χ3v) is 3.80. The molecule has 18 heavy (non-hydrogen) atoms. The van der Waals surface area contributed by atoms with E-state index in [0.29, 0.717) is 0 Å². The maximum absolute atomic E-state index is 8.96. The van der Waals surface area contributed by atoms with Crippen LogP contribution >= 0.6 is 0 Å². The molecule has 100 valence electrons. The van der Waals surface area contributed by atoms with Gasteiger partial charge in [-0.15, -0.1) is 0 Å². The van der Waals surface area contributed by atoms with Crippen LogP contribution < -0.4 is 5.73 Å². The maximum Gasteiger partial charge on any atom is 0.0595 e. The third kappa shape index (κ3) is 4.09. The van der Waals surface area contributed by atoms with E-state index in [9.17, 15) is 0 Å². The van der Waals surface area contributed by atoms with Gasteiger partial charge in [-0.1, -0.05) is 30.3 Å². The zero-order chi connectivity index (χ0) is 12.8. The van der Waals surface area contributed by atoms with Gasteiger partial charge in [0.15, 0.2) is 0 Å². The number of hydrogen-bond acceptors (Lipinski definition) is 3. The van der Waals surface area contributed by atoms with Gasteiger partial charge >= 0.3 is 0 Å².